The van der Waals surface area contributed by atoms with Crippen LogP contribution in [-0.4, -0.2) is 12.0 Å². The molecule has 20 heavy (non-hydrogen) atoms. The first-order valence-electron chi connectivity index (χ1n) is 5.38. The fourth-order valence-corrected chi connectivity index (χ4v) is 1.28. The fourth-order valence-electron chi connectivity index (χ4n) is 1.28. The molecule has 0 saturated heterocycles. The Morgan fingerprint density at radius 2 is 1.95 bits per heavy atom. The number of methoxy groups -OCH3 is 1. The second kappa shape index (κ2) is 7.19. The van der Waals surface area contributed by atoms with Crippen LogP contribution >= 0.6 is 0 Å². The van der Waals surface area contributed by atoms with Crippen LogP contribution in [0.25, 0.3) is 0 Å². The number of nitro benzene ring substituents is 1. The van der Waals surface area contributed by atoms with Gasteiger partial charge in [-0.2, -0.15) is 10.5 Å². The lowest BCUT2D eigenvalue weighted by Gasteiger charge is -2.02. The minimum atomic E-state index is -0.489. The minimum absolute atomic E-state index is 0.00625. The quantitative estimate of drug-likeness (QED) is 0.289. The van der Waals surface area contributed by atoms with Crippen molar-refractivity contribution in [3.05, 3.63) is 58.0 Å². The molecule has 7 heteroatoms. The number of anilines is 1. The van der Waals surface area contributed by atoms with E-state index in [0.717, 1.165) is 0 Å². The summed E-state index contributed by atoms with van der Waals surface area (Å²) in [4.78, 5) is 9.99. The molecule has 100 valence electrons. The Balaban J connectivity index is 2.79. The van der Waals surface area contributed by atoms with E-state index in [1.807, 2.05) is 0 Å². The lowest BCUT2D eigenvalue weighted by atomic mass is 10.2. The molecule has 0 aliphatic heterocycles. The zero-order valence-electron chi connectivity index (χ0n) is 10.5. The number of hydrogen-bond donors (Lipinski definition) is 1. The number of nitrogens with zero attached hydrogens (tertiary/aromatic N) is 3. The predicted octanol–water partition coefficient (Wildman–Crippen LogP) is 2.47. The fraction of sp³-hybridized carbons (Fsp3) is 0.0769. The van der Waals surface area contributed by atoms with Crippen molar-refractivity contribution in [2.24, 2.45) is 0 Å². The van der Waals surface area contributed by atoms with Crippen molar-refractivity contribution in [3.8, 4) is 12.1 Å². The first kappa shape index (κ1) is 14.7. The third-order valence-electron chi connectivity index (χ3n) is 2.25. The van der Waals surface area contributed by atoms with Crippen LogP contribution in [0.15, 0.2) is 47.9 Å². The molecular formula is C13H10N4O3. The summed E-state index contributed by atoms with van der Waals surface area (Å²) in [5.41, 5.74) is 0.472. The van der Waals surface area contributed by atoms with Crippen molar-refractivity contribution < 1.29 is 9.66 Å². The molecule has 0 aromatic heterocycles. The molecular weight excluding hydrogens is 260 g/mol. The van der Waals surface area contributed by atoms with Crippen LogP contribution in [0.2, 0.25) is 0 Å². The number of nitriles is 2. The summed E-state index contributed by atoms with van der Waals surface area (Å²) in [6.45, 7) is 0. The van der Waals surface area contributed by atoms with Crippen LogP contribution in [0, 0.1) is 32.8 Å². The van der Waals surface area contributed by atoms with Crippen molar-refractivity contribution in [1.29, 1.82) is 10.5 Å². The number of allylic oxidation sites excluding steroid dienone is 2. The van der Waals surface area contributed by atoms with Crippen LogP contribution in [-0.2, 0) is 4.74 Å². The van der Waals surface area contributed by atoms with Crippen molar-refractivity contribution in [1.82, 2.24) is 0 Å². The van der Waals surface area contributed by atoms with E-state index < -0.39 is 4.92 Å². The summed E-state index contributed by atoms with van der Waals surface area (Å²) in [6, 6.07) is 9.21. The van der Waals surface area contributed by atoms with Gasteiger partial charge in [0, 0.05) is 24.0 Å². The lowest BCUT2D eigenvalue weighted by Crippen LogP contribution is -1.92. The van der Waals surface area contributed by atoms with Crippen LogP contribution in [0.4, 0.5) is 11.4 Å². The smallest absolute Gasteiger partial charge is 0.269 e. The number of benzene rings is 1. The second-order valence-electron chi connectivity index (χ2n) is 3.45. The van der Waals surface area contributed by atoms with Crippen LogP contribution in [0.3, 0.4) is 0 Å². The number of nitrogens with one attached hydrogen (secondary N) is 1. The summed E-state index contributed by atoms with van der Waals surface area (Å²) >= 11 is 0. The van der Waals surface area contributed by atoms with Gasteiger partial charge in [0.25, 0.3) is 5.69 Å². The zero-order valence-corrected chi connectivity index (χ0v) is 10.5. The Morgan fingerprint density at radius 3 is 2.40 bits per heavy atom. The topological polar surface area (TPSA) is 112 Å². The Kier molecular flexibility index (Phi) is 5.30. The molecule has 1 rings (SSSR count). The Labute approximate surface area is 115 Å². The summed E-state index contributed by atoms with van der Waals surface area (Å²) in [7, 11) is 1.35. The van der Waals surface area contributed by atoms with E-state index in [0.29, 0.717) is 5.69 Å². The van der Waals surface area contributed by atoms with Crippen LogP contribution in [0.1, 0.15) is 0 Å². The Hall–Kier alpha value is -3.32. The number of rotatable bonds is 5. The largest absolute Gasteiger partial charge is 0.495 e. The number of ether oxygens (including phenoxy) is 1. The number of hydrogen-bond acceptors (Lipinski definition) is 6. The Bertz CT molecular complexity index is 617. The van der Waals surface area contributed by atoms with Gasteiger partial charge in [0.1, 0.15) is 17.9 Å². The van der Waals surface area contributed by atoms with Gasteiger partial charge >= 0.3 is 0 Å². The minimum Gasteiger partial charge on any atom is -0.495 e. The average molecular weight is 270 g/mol. The van der Waals surface area contributed by atoms with E-state index in [2.05, 4.69) is 5.32 Å². The van der Waals surface area contributed by atoms with Gasteiger partial charge in [-0.25, -0.2) is 0 Å². The van der Waals surface area contributed by atoms with Crippen LogP contribution in [0.5, 0.6) is 0 Å². The van der Waals surface area contributed by atoms with Gasteiger partial charge < -0.3 is 10.1 Å². The third-order valence-corrected chi connectivity index (χ3v) is 2.25. The van der Waals surface area contributed by atoms with Crippen molar-refractivity contribution in [3.63, 3.8) is 0 Å². The van der Waals surface area contributed by atoms with E-state index in [-0.39, 0.29) is 17.0 Å². The molecule has 1 aromatic rings. The van der Waals surface area contributed by atoms with Gasteiger partial charge in [0.2, 0.25) is 0 Å². The highest BCUT2D eigenvalue weighted by molar-refractivity contribution is 5.51. The molecule has 0 aliphatic carbocycles. The molecule has 0 saturated carbocycles. The normalized spacial score (nSPS) is 9.35. The summed E-state index contributed by atoms with van der Waals surface area (Å²) in [6.07, 6.45) is 2.89. The molecule has 1 N–H and O–H groups in total. The first-order valence-corrected chi connectivity index (χ1v) is 5.38. The maximum Gasteiger partial charge on any atom is 0.269 e. The van der Waals surface area contributed by atoms with Gasteiger partial charge in [-0.05, 0) is 18.2 Å². The average Bonchev–Trinajstić information content (AvgIpc) is 2.47. The van der Waals surface area contributed by atoms with Crippen molar-refractivity contribution in [2.75, 3.05) is 12.4 Å². The molecule has 0 radical (unpaired) electrons. The molecule has 0 atom stereocenters. The van der Waals surface area contributed by atoms with Gasteiger partial charge in [-0.3, -0.25) is 10.1 Å². The van der Waals surface area contributed by atoms with E-state index >= 15 is 0 Å². The molecule has 0 amide bonds. The highest BCUT2D eigenvalue weighted by atomic mass is 16.6. The molecule has 0 unspecified atom stereocenters. The summed E-state index contributed by atoms with van der Waals surface area (Å²) in [5, 5.41) is 30.7. The van der Waals surface area contributed by atoms with Gasteiger partial charge in [-0.15, -0.1) is 0 Å². The monoisotopic (exact) mass is 270 g/mol. The molecule has 0 heterocycles. The molecule has 0 aliphatic rings. The van der Waals surface area contributed by atoms with Crippen LogP contribution < -0.4 is 5.32 Å². The SMILES string of the molecule is COC(/C=C/Nc1ccc([N+](=O)[O-])cc1)=C(C#N)C#N. The number of nitro groups is 1. The second-order valence-corrected chi connectivity index (χ2v) is 3.45. The molecule has 0 bridgehead atoms. The molecule has 1 aromatic carbocycles. The van der Waals surface area contributed by atoms with E-state index in [1.54, 1.807) is 12.1 Å². The zero-order chi connectivity index (χ0) is 15.0. The standard InChI is InChI=1S/C13H10N4O3/c1-20-13(10(8-14)9-15)6-7-16-11-2-4-12(5-3-11)17(18)19/h2-7,16H,1H3/b7-6+. The van der Waals surface area contributed by atoms with Gasteiger partial charge in [-0.1, -0.05) is 0 Å². The van der Waals surface area contributed by atoms with E-state index in [4.69, 9.17) is 15.3 Å². The highest BCUT2D eigenvalue weighted by Gasteiger charge is 2.03. The van der Waals surface area contributed by atoms with Crippen molar-refractivity contribution in [2.45, 2.75) is 0 Å². The molecule has 0 fully saturated rings. The first-order chi connectivity index (χ1) is 9.62. The van der Waals surface area contributed by atoms with Gasteiger partial charge in [0.05, 0.1) is 12.0 Å². The van der Waals surface area contributed by atoms with Crippen molar-refractivity contribution >= 4 is 11.4 Å². The number of non-ortho nitro benzene ring substituents is 1. The maximum absolute atomic E-state index is 10.5. The van der Waals surface area contributed by atoms with Gasteiger partial charge in [0.15, 0.2) is 5.57 Å². The molecule has 0 spiro atoms. The third kappa shape index (κ3) is 3.86. The highest BCUT2D eigenvalue weighted by Crippen LogP contribution is 2.15. The summed E-state index contributed by atoms with van der Waals surface area (Å²) < 4.78 is 4.90. The summed E-state index contributed by atoms with van der Waals surface area (Å²) in [5.74, 6) is 0.129. The lowest BCUT2D eigenvalue weighted by molar-refractivity contribution is -0.384. The van der Waals surface area contributed by atoms with E-state index in [1.165, 1.54) is 43.7 Å². The predicted molar refractivity (Wildman–Crippen MR) is 71.1 cm³/mol. The van der Waals surface area contributed by atoms with E-state index in [9.17, 15) is 10.1 Å². The molecule has 7 nitrogen and oxygen atoms in total. The Morgan fingerprint density at radius 1 is 1.35 bits per heavy atom. The maximum atomic E-state index is 10.5.